The average molecular weight is 1200 g/mol. The first-order valence-electron chi connectivity index (χ1n) is 37.3. The van der Waals surface area contributed by atoms with E-state index in [1.165, 1.54) is 283 Å². The van der Waals surface area contributed by atoms with Gasteiger partial charge in [-0.05, 0) is 51.4 Å². The van der Waals surface area contributed by atoms with E-state index in [1.54, 1.807) is 0 Å². The minimum atomic E-state index is -1.55. The lowest BCUT2D eigenvalue weighted by molar-refractivity contribution is -0.302. The molecule has 7 unspecified atom stereocenters. The van der Waals surface area contributed by atoms with Gasteiger partial charge < -0.3 is 40.3 Å². The van der Waals surface area contributed by atoms with Gasteiger partial charge in [-0.1, -0.05) is 364 Å². The van der Waals surface area contributed by atoms with E-state index in [0.717, 1.165) is 64.2 Å². The summed E-state index contributed by atoms with van der Waals surface area (Å²) in [7, 11) is 0. The minimum absolute atomic E-state index is 0.134. The second-order valence-electron chi connectivity index (χ2n) is 26.1. The summed E-state index contributed by atoms with van der Waals surface area (Å²) in [5.74, 6) is -0.136. The molecule has 1 fully saturated rings. The Balaban J connectivity index is 2.07. The quantitative estimate of drug-likeness (QED) is 0.0261. The van der Waals surface area contributed by atoms with Crippen LogP contribution in [0.15, 0.2) is 48.6 Å². The van der Waals surface area contributed by atoms with Gasteiger partial charge in [-0.25, -0.2) is 0 Å². The van der Waals surface area contributed by atoms with Crippen LogP contribution < -0.4 is 5.32 Å². The molecule has 0 aromatic carbocycles. The van der Waals surface area contributed by atoms with Crippen LogP contribution in [-0.2, 0) is 14.3 Å². The first-order valence-corrected chi connectivity index (χ1v) is 37.3. The first kappa shape index (κ1) is 81.2. The van der Waals surface area contributed by atoms with Crippen molar-refractivity contribution in [2.24, 2.45) is 0 Å². The fourth-order valence-electron chi connectivity index (χ4n) is 12.2. The van der Waals surface area contributed by atoms with Crippen molar-refractivity contribution < 1.29 is 39.8 Å². The second kappa shape index (κ2) is 65.1. The highest BCUT2D eigenvalue weighted by atomic mass is 16.7. The number of carbonyl (C=O) groups is 1. The number of rotatable bonds is 66. The van der Waals surface area contributed by atoms with E-state index in [0.29, 0.717) is 12.8 Å². The van der Waals surface area contributed by atoms with E-state index in [1.807, 2.05) is 0 Å². The van der Waals surface area contributed by atoms with Gasteiger partial charge in [-0.2, -0.15) is 0 Å². The largest absolute Gasteiger partial charge is 0.394 e. The molecule has 0 radical (unpaired) electrons. The zero-order valence-electron chi connectivity index (χ0n) is 56.1. The Morgan fingerprint density at radius 2 is 0.729 bits per heavy atom. The molecule has 0 aromatic heterocycles. The summed E-state index contributed by atoms with van der Waals surface area (Å²) in [6, 6.07) is -0.720. The molecule has 1 saturated heterocycles. The zero-order chi connectivity index (χ0) is 61.4. The maximum absolute atomic E-state index is 13.2. The third-order valence-corrected chi connectivity index (χ3v) is 17.9. The lowest BCUT2D eigenvalue weighted by Crippen LogP contribution is -2.60. The number of unbranched alkanes of at least 4 members (excludes halogenated alkanes) is 48. The molecule has 1 aliphatic heterocycles. The van der Waals surface area contributed by atoms with Crippen molar-refractivity contribution in [1.82, 2.24) is 5.32 Å². The molecule has 0 spiro atoms. The number of ether oxygens (including phenoxy) is 2. The minimum Gasteiger partial charge on any atom is -0.394 e. The van der Waals surface area contributed by atoms with Gasteiger partial charge in [0, 0.05) is 6.42 Å². The number of hydrogen-bond acceptors (Lipinski definition) is 8. The predicted octanol–water partition coefficient (Wildman–Crippen LogP) is 20.8. The second-order valence-corrected chi connectivity index (χ2v) is 26.1. The normalized spacial score (nSPS) is 18.3. The molecule has 1 rings (SSSR count). The fourth-order valence-corrected chi connectivity index (χ4v) is 12.2. The average Bonchev–Trinajstić information content (AvgIpc) is 3.71. The van der Waals surface area contributed by atoms with Gasteiger partial charge in [0.1, 0.15) is 24.4 Å². The Hall–Kier alpha value is -1.85. The van der Waals surface area contributed by atoms with Crippen LogP contribution in [0.1, 0.15) is 373 Å². The predicted molar refractivity (Wildman–Crippen MR) is 364 cm³/mol. The van der Waals surface area contributed by atoms with Crippen molar-refractivity contribution in [3.05, 3.63) is 48.6 Å². The smallest absolute Gasteiger partial charge is 0.220 e. The van der Waals surface area contributed by atoms with Crippen molar-refractivity contribution >= 4 is 5.91 Å². The Morgan fingerprint density at radius 1 is 0.412 bits per heavy atom. The highest BCUT2D eigenvalue weighted by molar-refractivity contribution is 5.76. The Kier molecular flexibility index (Phi) is 62.2. The molecule has 0 saturated carbocycles. The third-order valence-electron chi connectivity index (χ3n) is 17.9. The summed E-state index contributed by atoms with van der Waals surface area (Å²) in [5.41, 5.74) is 0. The van der Waals surface area contributed by atoms with E-state index < -0.39 is 49.5 Å². The summed E-state index contributed by atoms with van der Waals surface area (Å²) in [6.07, 6.45) is 82.0. The number of carbonyl (C=O) groups excluding carboxylic acids is 1. The lowest BCUT2D eigenvalue weighted by Gasteiger charge is -2.40. The standard InChI is InChI=1S/C76H143NO8/c1-3-5-7-9-11-13-15-17-19-21-23-25-27-29-31-32-33-34-35-36-37-38-40-42-44-46-48-50-52-54-56-58-60-62-64-66-72(80)77-69(68-84-76-75(83)74(82)73(81)71(67-78)85-76)70(79)65-63-61-59-57-55-53-51-49-47-45-43-41-39-30-28-26-24-22-20-18-16-14-12-10-8-6-4-2/h5,7,11,13,17,19,23,25,69-71,73-76,78-79,81-83H,3-4,6,8-10,12,14-16,18,20-22,24,26-68H2,1-2H3,(H,77,80)/b7-5-,13-11-,19-17-,25-23-. The summed E-state index contributed by atoms with van der Waals surface area (Å²) >= 11 is 0. The number of amides is 1. The molecule has 1 heterocycles. The molecule has 85 heavy (non-hydrogen) atoms. The van der Waals surface area contributed by atoms with Crippen molar-refractivity contribution in [3.63, 3.8) is 0 Å². The van der Waals surface area contributed by atoms with Crippen molar-refractivity contribution in [3.8, 4) is 0 Å². The van der Waals surface area contributed by atoms with Crippen LogP contribution in [0, 0.1) is 0 Å². The van der Waals surface area contributed by atoms with Gasteiger partial charge in [0.25, 0.3) is 0 Å². The van der Waals surface area contributed by atoms with Crippen LogP contribution in [0.5, 0.6) is 0 Å². The van der Waals surface area contributed by atoms with Crippen LogP contribution in [-0.4, -0.2) is 87.5 Å². The summed E-state index contributed by atoms with van der Waals surface area (Å²) in [4.78, 5) is 13.2. The van der Waals surface area contributed by atoms with Gasteiger partial charge in [-0.3, -0.25) is 4.79 Å². The monoisotopic (exact) mass is 1200 g/mol. The van der Waals surface area contributed by atoms with E-state index in [-0.39, 0.29) is 12.5 Å². The highest BCUT2D eigenvalue weighted by Gasteiger charge is 2.44. The molecule has 1 amide bonds. The molecule has 7 atom stereocenters. The molecule has 0 bridgehead atoms. The fraction of sp³-hybridized carbons (Fsp3) is 0.882. The summed E-state index contributed by atoms with van der Waals surface area (Å²) < 4.78 is 11.4. The van der Waals surface area contributed by atoms with Crippen LogP contribution in [0.25, 0.3) is 0 Å². The van der Waals surface area contributed by atoms with E-state index in [2.05, 4.69) is 67.8 Å². The van der Waals surface area contributed by atoms with Gasteiger partial charge in [0.2, 0.25) is 5.91 Å². The molecular formula is C76H143NO8. The van der Waals surface area contributed by atoms with E-state index >= 15 is 0 Å². The number of nitrogens with one attached hydrogen (secondary N) is 1. The molecule has 0 aromatic rings. The van der Waals surface area contributed by atoms with Gasteiger partial charge in [-0.15, -0.1) is 0 Å². The van der Waals surface area contributed by atoms with Crippen LogP contribution in [0.4, 0.5) is 0 Å². The molecule has 0 aliphatic carbocycles. The molecular weight excluding hydrogens is 1050 g/mol. The topological polar surface area (TPSA) is 149 Å². The summed E-state index contributed by atoms with van der Waals surface area (Å²) in [6.45, 7) is 3.78. The third kappa shape index (κ3) is 53.7. The zero-order valence-corrected chi connectivity index (χ0v) is 56.1. The Bertz CT molecular complexity index is 1480. The Morgan fingerprint density at radius 3 is 1.08 bits per heavy atom. The molecule has 9 heteroatoms. The Labute approximate surface area is 526 Å². The van der Waals surface area contributed by atoms with Crippen molar-refractivity contribution in [1.29, 1.82) is 0 Å². The molecule has 1 aliphatic rings. The summed E-state index contributed by atoms with van der Waals surface area (Å²) in [5, 5.41) is 55.0. The number of aliphatic hydroxyl groups excluding tert-OH is 5. The number of allylic oxidation sites excluding steroid dienone is 8. The number of hydrogen-bond donors (Lipinski definition) is 6. The van der Waals surface area contributed by atoms with Gasteiger partial charge in [0.15, 0.2) is 6.29 Å². The maximum Gasteiger partial charge on any atom is 0.220 e. The van der Waals surface area contributed by atoms with Crippen molar-refractivity contribution in [2.45, 2.75) is 416 Å². The molecule has 6 N–H and O–H groups in total. The highest BCUT2D eigenvalue weighted by Crippen LogP contribution is 2.24. The van der Waals surface area contributed by atoms with Gasteiger partial charge >= 0.3 is 0 Å². The van der Waals surface area contributed by atoms with Crippen LogP contribution >= 0.6 is 0 Å². The van der Waals surface area contributed by atoms with Crippen LogP contribution in [0.3, 0.4) is 0 Å². The first-order chi connectivity index (χ1) is 41.8. The van der Waals surface area contributed by atoms with Gasteiger partial charge in [0.05, 0.1) is 25.4 Å². The van der Waals surface area contributed by atoms with Crippen molar-refractivity contribution in [2.75, 3.05) is 13.2 Å². The van der Waals surface area contributed by atoms with E-state index in [4.69, 9.17) is 9.47 Å². The maximum atomic E-state index is 13.2. The SMILES string of the molecule is CC/C=C\C/C=C\C/C=C\C/C=C\CCCCCCCCCCCCCCCCCCCCCCCCC(=O)NC(COC1OC(CO)C(O)C(O)C1O)C(O)CCCCCCCCCCCCCCCCCCCCCCCCCCCCC. The molecule has 500 valence electrons. The van der Waals surface area contributed by atoms with Crippen LogP contribution in [0.2, 0.25) is 0 Å². The lowest BCUT2D eigenvalue weighted by atomic mass is 9.99. The number of aliphatic hydroxyl groups is 5. The van der Waals surface area contributed by atoms with E-state index in [9.17, 15) is 30.3 Å². The molecule has 9 nitrogen and oxygen atoms in total.